The summed E-state index contributed by atoms with van der Waals surface area (Å²) in [7, 11) is 0. The Labute approximate surface area is 89.1 Å². The van der Waals surface area contributed by atoms with E-state index in [1.54, 1.807) is 0 Å². The molecule has 0 radical (unpaired) electrons. The first-order valence-electron chi connectivity index (χ1n) is 4.85. The van der Waals surface area contributed by atoms with Crippen LogP contribution in [-0.2, 0) is 20.7 Å². The lowest BCUT2D eigenvalue weighted by molar-refractivity contribution is -0.157. The highest BCUT2D eigenvalue weighted by atomic mass is 16.6. The van der Waals surface area contributed by atoms with Gasteiger partial charge < -0.3 is 4.74 Å². The fourth-order valence-corrected chi connectivity index (χ4v) is 1.34. The molecule has 0 N–H and O–H groups in total. The topological polar surface area (TPSA) is 43.4 Å². The summed E-state index contributed by atoms with van der Waals surface area (Å²) in [5, 5.41) is 0. The lowest BCUT2D eigenvalue weighted by Gasteiger charge is -2.04. The van der Waals surface area contributed by atoms with E-state index in [9.17, 15) is 9.59 Å². The Balaban J connectivity index is 2.47. The molecule has 0 spiro atoms. The van der Waals surface area contributed by atoms with Gasteiger partial charge in [-0.25, -0.2) is 0 Å². The van der Waals surface area contributed by atoms with Gasteiger partial charge in [-0.2, -0.15) is 0 Å². The molecule has 0 aromatic heterocycles. The van der Waals surface area contributed by atoms with Crippen LogP contribution < -0.4 is 0 Å². The second kappa shape index (κ2) is 5.29. The molecule has 80 valence electrons. The van der Waals surface area contributed by atoms with E-state index in [4.69, 9.17) is 0 Å². The molecule has 0 bridgehead atoms. The van der Waals surface area contributed by atoms with Crippen LogP contribution in [-0.4, -0.2) is 11.9 Å². The number of rotatable bonds is 3. The molecule has 0 heterocycles. The Morgan fingerprint density at radius 1 is 1.27 bits per heavy atom. The highest BCUT2D eigenvalue weighted by Gasteiger charge is 2.07. The summed E-state index contributed by atoms with van der Waals surface area (Å²) in [5.74, 6) is -1.02. The normalized spacial score (nSPS) is 9.73. The van der Waals surface area contributed by atoms with Crippen molar-refractivity contribution in [3.8, 4) is 0 Å². The Kier molecular flexibility index (Phi) is 4.03. The van der Waals surface area contributed by atoms with Gasteiger partial charge in [0, 0.05) is 6.92 Å². The summed E-state index contributed by atoms with van der Waals surface area (Å²) in [6, 6.07) is 7.84. The molecule has 15 heavy (non-hydrogen) atoms. The molecule has 1 rings (SSSR count). The van der Waals surface area contributed by atoms with E-state index in [-0.39, 0.29) is 6.42 Å². The van der Waals surface area contributed by atoms with Crippen LogP contribution in [0.15, 0.2) is 24.3 Å². The molecule has 3 heteroatoms. The maximum absolute atomic E-state index is 11.1. The maximum atomic E-state index is 11.1. The third kappa shape index (κ3) is 3.94. The van der Waals surface area contributed by atoms with Crippen LogP contribution in [0.1, 0.15) is 24.5 Å². The maximum Gasteiger partial charge on any atom is 0.313 e. The number of esters is 2. The van der Waals surface area contributed by atoms with Gasteiger partial charge in [0.2, 0.25) is 0 Å². The van der Waals surface area contributed by atoms with Gasteiger partial charge in [-0.3, -0.25) is 9.59 Å². The van der Waals surface area contributed by atoms with Crippen LogP contribution in [0.5, 0.6) is 0 Å². The quantitative estimate of drug-likeness (QED) is 0.561. The molecule has 0 atom stereocenters. The van der Waals surface area contributed by atoms with E-state index in [0.29, 0.717) is 6.42 Å². The second-order valence-corrected chi connectivity index (χ2v) is 3.39. The van der Waals surface area contributed by atoms with Gasteiger partial charge in [-0.15, -0.1) is 0 Å². The van der Waals surface area contributed by atoms with Crippen molar-refractivity contribution >= 4 is 11.9 Å². The summed E-state index contributed by atoms with van der Waals surface area (Å²) in [6.45, 7) is 3.22. The number of hydrogen-bond donors (Lipinski definition) is 0. The first-order valence-corrected chi connectivity index (χ1v) is 4.85. The number of carbonyl (C=O) groups is 2. The summed E-state index contributed by atoms with van der Waals surface area (Å²) in [4.78, 5) is 21.6. The van der Waals surface area contributed by atoms with Gasteiger partial charge in [-0.05, 0) is 24.5 Å². The van der Waals surface area contributed by atoms with Crippen molar-refractivity contribution < 1.29 is 14.3 Å². The predicted molar refractivity (Wildman–Crippen MR) is 56.3 cm³/mol. The SMILES string of the molecule is CC(=O)OC(=O)CCc1ccccc1C. The Hall–Kier alpha value is -1.64. The van der Waals surface area contributed by atoms with Gasteiger partial charge in [-0.1, -0.05) is 24.3 Å². The fourth-order valence-electron chi connectivity index (χ4n) is 1.34. The first kappa shape index (κ1) is 11.4. The highest BCUT2D eigenvalue weighted by molar-refractivity contribution is 5.84. The monoisotopic (exact) mass is 206 g/mol. The zero-order valence-electron chi connectivity index (χ0n) is 8.95. The zero-order chi connectivity index (χ0) is 11.3. The Morgan fingerprint density at radius 2 is 1.93 bits per heavy atom. The van der Waals surface area contributed by atoms with Gasteiger partial charge in [0.15, 0.2) is 0 Å². The van der Waals surface area contributed by atoms with Crippen LogP contribution in [0.4, 0.5) is 0 Å². The predicted octanol–water partition coefficient (Wildman–Crippen LogP) is 2.02. The van der Waals surface area contributed by atoms with E-state index in [1.807, 2.05) is 31.2 Å². The van der Waals surface area contributed by atoms with Gasteiger partial charge in [0.05, 0.1) is 6.42 Å². The van der Waals surface area contributed by atoms with Crippen LogP contribution in [0.2, 0.25) is 0 Å². The van der Waals surface area contributed by atoms with Crippen LogP contribution in [0.25, 0.3) is 0 Å². The molecule has 1 aromatic rings. The van der Waals surface area contributed by atoms with Crippen molar-refractivity contribution in [1.29, 1.82) is 0 Å². The van der Waals surface area contributed by atoms with Gasteiger partial charge in [0.1, 0.15) is 0 Å². The lowest BCUT2D eigenvalue weighted by Crippen LogP contribution is -2.09. The molecule has 0 saturated carbocycles. The molecule has 0 unspecified atom stereocenters. The molecule has 0 saturated heterocycles. The van der Waals surface area contributed by atoms with Crippen molar-refractivity contribution in [1.82, 2.24) is 0 Å². The van der Waals surface area contributed by atoms with Crippen molar-refractivity contribution in [2.75, 3.05) is 0 Å². The minimum atomic E-state index is -0.551. The molecule has 0 aliphatic carbocycles. The number of hydrogen-bond acceptors (Lipinski definition) is 3. The van der Waals surface area contributed by atoms with Crippen LogP contribution in [0, 0.1) is 6.92 Å². The summed E-state index contributed by atoms with van der Waals surface area (Å²) >= 11 is 0. The summed E-state index contributed by atoms with van der Waals surface area (Å²) in [6.07, 6.45) is 0.850. The van der Waals surface area contributed by atoms with Crippen molar-refractivity contribution in [2.24, 2.45) is 0 Å². The fraction of sp³-hybridized carbons (Fsp3) is 0.333. The van der Waals surface area contributed by atoms with Crippen LogP contribution in [0.3, 0.4) is 0 Å². The largest absolute Gasteiger partial charge is 0.393 e. The van der Waals surface area contributed by atoms with E-state index in [1.165, 1.54) is 6.92 Å². The van der Waals surface area contributed by atoms with E-state index < -0.39 is 11.9 Å². The molecule has 3 nitrogen and oxygen atoms in total. The van der Waals surface area contributed by atoms with Crippen molar-refractivity contribution in [2.45, 2.75) is 26.7 Å². The second-order valence-electron chi connectivity index (χ2n) is 3.39. The molecule has 0 fully saturated rings. The van der Waals surface area contributed by atoms with Crippen LogP contribution >= 0.6 is 0 Å². The summed E-state index contributed by atoms with van der Waals surface area (Å²) < 4.78 is 4.43. The molecule has 0 aliphatic rings. The van der Waals surface area contributed by atoms with E-state index >= 15 is 0 Å². The molecule has 0 aliphatic heterocycles. The summed E-state index contributed by atoms with van der Waals surface area (Å²) in [5.41, 5.74) is 2.26. The zero-order valence-corrected chi connectivity index (χ0v) is 8.95. The number of carbonyl (C=O) groups excluding carboxylic acids is 2. The molecular weight excluding hydrogens is 192 g/mol. The third-order valence-corrected chi connectivity index (χ3v) is 2.12. The smallest absolute Gasteiger partial charge is 0.313 e. The van der Waals surface area contributed by atoms with E-state index in [0.717, 1.165) is 11.1 Å². The van der Waals surface area contributed by atoms with Gasteiger partial charge >= 0.3 is 11.9 Å². The molecule has 0 amide bonds. The number of ether oxygens (including phenoxy) is 1. The molecular formula is C12H14O3. The van der Waals surface area contributed by atoms with E-state index in [2.05, 4.69) is 4.74 Å². The van der Waals surface area contributed by atoms with Crippen molar-refractivity contribution in [3.63, 3.8) is 0 Å². The number of benzene rings is 1. The standard InChI is InChI=1S/C12H14O3/c1-9-5-3-4-6-11(9)7-8-12(14)15-10(2)13/h3-6H,7-8H2,1-2H3. The average molecular weight is 206 g/mol. The minimum absolute atomic E-state index is 0.241. The Bertz CT molecular complexity index is 369. The number of aryl methyl sites for hydroxylation is 2. The third-order valence-electron chi connectivity index (χ3n) is 2.12. The lowest BCUT2D eigenvalue weighted by atomic mass is 10.0. The average Bonchev–Trinajstić information content (AvgIpc) is 2.15. The minimum Gasteiger partial charge on any atom is -0.393 e. The first-order chi connectivity index (χ1) is 7.09. The highest BCUT2D eigenvalue weighted by Crippen LogP contribution is 2.09. The Morgan fingerprint density at radius 3 is 2.53 bits per heavy atom. The molecule has 1 aromatic carbocycles. The van der Waals surface area contributed by atoms with Crippen molar-refractivity contribution in [3.05, 3.63) is 35.4 Å². The van der Waals surface area contributed by atoms with Gasteiger partial charge in [0.25, 0.3) is 0 Å².